The Balaban J connectivity index is 1.76. The normalized spacial score (nSPS) is 15.8. The number of hydrogen-bond donors (Lipinski definition) is 3. The first-order valence-electron chi connectivity index (χ1n) is 9.48. The molecule has 2 aromatic rings. The van der Waals surface area contributed by atoms with E-state index in [-0.39, 0.29) is 4.90 Å². The first-order valence-corrected chi connectivity index (χ1v) is 12.2. The zero-order valence-corrected chi connectivity index (χ0v) is 19.8. The van der Waals surface area contributed by atoms with Crippen LogP contribution in [0, 0.1) is 6.92 Å². The smallest absolute Gasteiger partial charge is 0.350 e. The maximum atomic E-state index is 11.8. The van der Waals surface area contributed by atoms with Crippen molar-refractivity contribution in [1.29, 1.82) is 0 Å². The van der Waals surface area contributed by atoms with Crippen LogP contribution >= 0.6 is 22.9 Å². The summed E-state index contributed by atoms with van der Waals surface area (Å²) < 4.78 is 27.6. The van der Waals surface area contributed by atoms with Crippen LogP contribution in [-0.2, 0) is 21.3 Å². The summed E-state index contributed by atoms with van der Waals surface area (Å²) in [4.78, 5) is 21.2. The van der Waals surface area contributed by atoms with Crippen molar-refractivity contribution < 1.29 is 17.9 Å². The topological polar surface area (TPSA) is 136 Å². The van der Waals surface area contributed by atoms with Crippen LogP contribution in [0.5, 0.6) is 0 Å². The predicted molar refractivity (Wildman–Crippen MR) is 125 cm³/mol. The Morgan fingerprint density at radius 1 is 1.38 bits per heavy atom. The molecule has 1 aromatic heterocycles. The van der Waals surface area contributed by atoms with Crippen LogP contribution in [0.15, 0.2) is 57.2 Å². The fourth-order valence-corrected chi connectivity index (χ4v) is 4.40. The molecular weight excluding hydrogens is 474 g/mol. The number of carbonyl (C=O) groups is 1. The van der Waals surface area contributed by atoms with Crippen molar-refractivity contribution >= 4 is 49.9 Å². The van der Waals surface area contributed by atoms with Crippen molar-refractivity contribution in [3.63, 3.8) is 0 Å². The van der Waals surface area contributed by atoms with Gasteiger partial charge in [-0.2, -0.15) is 0 Å². The summed E-state index contributed by atoms with van der Waals surface area (Å²) in [7, 11) is -2.41. The van der Waals surface area contributed by atoms with E-state index in [1.165, 1.54) is 30.6 Å². The number of thiazole rings is 1. The van der Waals surface area contributed by atoms with Crippen molar-refractivity contribution in [2.75, 3.05) is 12.4 Å². The van der Waals surface area contributed by atoms with Crippen LogP contribution in [0.1, 0.15) is 33.8 Å². The molecule has 0 fully saturated rings. The molecule has 4 N–H and O–H groups in total. The molecule has 170 valence electrons. The van der Waals surface area contributed by atoms with Gasteiger partial charge in [0.2, 0.25) is 10.0 Å². The number of primary sulfonamides is 1. The number of aliphatic imine (C=N–C) groups is 1. The van der Waals surface area contributed by atoms with E-state index in [1.807, 2.05) is 6.08 Å². The Morgan fingerprint density at radius 2 is 2.09 bits per heavy atom. The van der Waals surface area contributed by atoms with Gasteiger partial charge >= 0.3 is 5.97 Å². The van der Waals surface area contributed by atoms with Crippen molar-refractivity contribution in [2.45, 2.75) is 31.2 Å². The summed E-state index contributed by atoms with van der Waals surface area (Å²) in [5.74, 6) is 0.738. The van der Waals surface area contributed by atoms with E-state index in [9.17, 15) is 13.2 Å². The number of nitrogens with two attached hydrogens (primary N) is 1. The van der Waals surface area contributed by atoms with Crippen LogP contribution in [0.4, 0.5) is 5.13 Å². The quantitative estimate of drug-likeness (QED) is 0.523. The highest BCUT2D eigenvalue weighted by Crippen LogP contribution is 2.25. The number of nitrogens with zero attached hydrogens (tertiary/aromatic N) is 2. The number of aryl methyl sites for hydroxylation is 1. The summed E-state index contributed by atoms with van der Waals surface area (Å²) >= 11 is 7.47. The lowest BCUT2D eigenvalue weighted by Crippen LogP contribution is -2.27. The van der Waals surface area contributed by atoms with Gasteiger partial charge in [-0.25, -0.2) is 23.3 Å². The molecule has 2 heterocycles. The molecule has 0 bridgehead atoms. The summed E-state index contributed by atoms with van der Waals surface area (Å²) in [6, 6.07) is 6.19. The number of sulfonamides is 1. The first-order chi connectivity index (χ1) is 15.2. The molecule has 0 aliphatic carbocycles. The van der Waals surface area contributed by atoms with Crippen LogP contribution in [0.2, 0.25) is 0 Å². The lowest BCUT2D eigenvalue weighted by Gasteiger charge is -2.15. The maximum absolute atomic E-state index is 11.8. The average molecular weight is 496 g/mol. The molecule has 0 saturated carbocycles. The van der Waals surface area contributed by atoms with Crippen LogP contribution < -0.4 is 15.8 Å². The number of nitrogens with one attached hydrogen (secondary N) is 2. The number of carbonyl (C=O) groups excluding carboxylic acids is 1. The van der Waals surface area contributed by atoms with Gasteiger partial charge < -0.3 is 15.4 Å². The number of anilines is 1. The third-order valence-corrected chi connectivity index (χ3v) is 6.66. The Labute approximate surface area is 195 Å². The van der Waals surface area contributed by atoms with Crippen LogP contribution in [0.3, 0.4) is 0 Å². The number of methoxy groups -OCH3 is 1. The molecule has 0 spiro atoms. The minimum Gasteiger partial charge on any atom is -0.465 e. The van der Waals surface area contributed by atoms with Crippen molar-refractivity contribution in [3.8, 4) is 0 Å². The van der Waals surface area contributed by atoms with Crippen LogP contribution in [-0.4, -0.2) is 32.3 Å². The number of amidine groups is 1. The molecule has 32 heavy (non-hydrogen) atoms. The highest BCUT2D eigenvalue weighted by molar-refractivity contribution is 7.89. The van der Waals surface area contributed by atoms with E-state index in [4.69, 9.17) is 21.5 Å². The highest BCUT2D eigenvalue weighted by Gasteiger charge is 2.17. The zero-order valence-electron chi connectivity index (χ0n) is 17.4. The number of rotatable bonds is 6. The molecule has 1 aromatic carbocycles. The second-order valence-electron chi connectivity index (χ2n) is 6.81. The molecule has 0 amide bonds. The minimum atomic E-state index is -3.74. The number of benzene rings is 1. The standard InChI is InChI=1S/C20H22ClN5O4S2/c1-12-18(19(27)30-2)31-20(24-12)26-16-5-3-4-14(21)10-17(25-16)23-11-13-6-8-15(9-7-13)32(22,28)29/h5-10H,3-4,11H2,1-2H3,(H,23,25)(H,24,26)(H2,22,28,29). The number of aromatic nitrogens is 1. The molecule has 0 radical (unpaired) electrons. The fourth-order valence-electron chi connectivity index (χ4n) is 2.78. The second-order valence-corrected chi connectivity index (χ2v) is 9.86. The van der Waals surface area contributed by atoms with Gasteiger partial charge in [0.15, 0.2) is 5.13 Å². The molecule has 9 nitrogen and oxygen atoms in total. The third-order valence-electron chi connectivity index (χ3n) is 4.38. The van der Waals surface area contributed by atoms with E-state index in [0.29, 0.717) is 51.8 Å². The van der Waals surface area contributed by atoms with Gasteiger partial charge in [0.25, 0.3) is 0 Å². The molecule has 0 atom stereocenters. The summed E-state index contributed by atoms with van der Waals surface area (Å²) in [5, 5.41) is 12.7. The summed E-state index contributed by atoms with van der Waals surface area (Å²) in [6.45, 7) is 2.04. The van der Waals surface area contributed by atoms with Crippen LogP contribution in [0.25, 0.3) is 0 Å². The van der Waals surface area contributed by atoms with E-state index in [1.54, 1.807) is 25.1 Å². The third kappa shape index (κ3) is 6.39. The summed E-state index contributed by atoms with van der Waals surface area (Å²) in [6.07, 6.45) is 5.00. The second kappa shape index (κ2) is 10.3. The monoisotopic (exact) mass is 495 g/mol. The van der Waals surface area contributed by atoms with Gasteiger partial charge in [-0.3, -0.25) is 4.99 Å². The van der Waals surface area contributed by atoms with Gasteiger partial charge in [0.1, 0.15) is 16.5 Å². The number of allylic oxidation sites excluding steroid dienone is 2. The number of halogens is 1. The van der Waals surface area contributed by atoms with Gasteiger partial charge in [-0.15, -0.1) is 0 Å². The van der Waals surface area contributed by atoms with Crippen molar-refractivity contribution in [3.05, 3.63) is 63.4 Å². The molecule has 0 unspecified atom stereocenters. The molecule has 1 aliphatic heterocycles. The highest BCUT2D eigenvalue weighted by atomic mass is 35.5. The van der Waals surface area contributed by atoms with Gasteiger partial charge in [0, 0.05) is 5.03 Å². The average Bonchev–Trinajstić information content (AvgIpc) is 3.09. The molecule has 1 aliphatic rings. The number of esters is 1. The Morgan fingerprint density at radius 3 is 2.75 bits per heavy atom. The van der Waals surface area contributed by atoms with Crippen molar-refractivity contribution in [2.24, 2.45) is 10.1 Å². The lowest BCUT2D eigenvalue weighted by atomic mass is 10.2. The Kier molecular flexibility index (Phi) is 7.67. The molecule has 3 rings (SSSR count). The molecule has 0 saturated heterocycles. The Bertz CT molecular complexity index is 1200. The fraction of sp³-hybridized carbons (Fsp3) is 0.250. The van der Waals surface area contributed by atoms with Crippen molar-refractivity contribution in [1.82, 2.24) is 10.3 Å². The van der Waals surface area contributed by atoms with Gasteiger partial charge in [-0.05, 0) is 49.6 Å². The van der Waals surface area contributed by atoms with E-state index >= 15 is 0 Å². The minimum absolute atomic E-state index is 0.0420. The number of ether oxygens (including phenoxy) is 1. The van der Waals surface area contributed by atoms with E-state index < -0.39 is 16.0 Å². The van der Waals surface area contributed by atoms with E-state index in [0.717, 1.165) is 5.56 Å². The molecule has 12 heteroatoms. The van der Waals surface area contributed by atoms with Gasteiger partial charge in [0.05, 0.1) is 24.2 Å². The Hall–Kier alpha value is -2.73. The predicted octanol–water partition coefficient (Wildman–Crippen LogP) is 3.24. The van der Waals surface area contributed by atoms with Gasteiger partial charge in [-0.1, -0.05) is 35.1 Å². The molecular formula is C20H22ClN5O4S2. The zero-order chi connectivity index (χ0) is 23.3. The number of hydrogen-bond acceptors (Lipinski definition) is 8. The first kappa shape index (κ1) is 23.9. The SMILES string of the molecule is COC(=O)c1sc(NC2=CCCC(Cl)=CC(=NCc3ccc(S(N)(=O)=O)cc3)N2)nc1C. The maximum Gasteiger partial charge on any atom is 0.350 e. The van der Waals surface area contributed by atoms with E-state index in [2.05, 4.69) is 20.6 Å². The lowest BCUT2D eigenvalue weighted by molar-refractivity contribution is 0.0605. The largest absolute Gasteiger partial charge is 0.465 e. The summed E-state index contributed by atoms with van der Waals surface area (Å²) in [5.41, 5.74) is 1.38.